The van der Waals surface area contributed by atoms with E-state index in [0.29, 0.717) is 18.2 Å². The minimum absolute atomic E-state index is 0.335. The first-order chi connectivity index (χ1) is 12.3. The highest BCUT2D eigenvalue weighted by Gasteiger charge is 2.28. The van der Waals surface area contributed by atoms with E-state index in [9.17, 15) is 0 Å². The monoisotopic (exact) mass is 350 g/mol. The Morgan fingerprint density at radius 2 is 1.84 bits per heavy atom. The first-order valence-electron chi connectivity index (χ1n) is 7.95. The largest absolute Gasteiger partial charge is 0.485 e. The maximum absolute atomic E-state index is 6.03. The van der Waals surface area contributed by atoms with Gasteiger partial charge in [0.25, 0.3) is 0 Å². The summed E-state index contributed by atoms with van der Waals surface area (Å²) in [6, 6.07) is 15.9. The second-order valence-corrected chi connectivity index (χ2v) is 6.85. The Balaban J connectivity index is 1.51. The Labute approximate surface area is 147 Å². The van der Waals surface area contributed by atoms with Crippen molar-refractivity contribution in [2.45, 2.75) is 13.0 Å². The quantitative estimate of drug-likeness (QED) is 0.552. The lowest BCUT2D eigenvalue weighted by Gasteiger charge is -2.24. The number of aromatic nitrogens is 4. The van der Waals surface area contributed by atoms with Crippen LogP contribution in [0.25, 0.3) is 15.5 Å². The van der Waals surface area contributed by atoms with Crippen molar-refractivity contribution in [3.63, 3.8) is 0 Å². The van der Waals surface area contributed by atoms with E-state index in [0.717, 1.165) is 21.3 Å². The van der Waals surface area contributed by atoms with Crippen molar-refractivity contribution in [1.29, 1.82) is 0 Å². The van der Waals surface area contributed by atoms with Crippen molar-refractivity contribution in [2.24, 2.45) is 0 Å². The molecule has 1 atom stereocenters. The van der Waals surface area contributed by atoms with Crippen molar-refractivity contribution in [2.75, 3.05) is 6.61 Å². The van der Waals surface area contributed by atoms with E-state index in [2.05, 4.69) is 46.5 Å². The zero-order valence-electron chi connectivity index (χ0n) is 13.4. The predicted molar refractivity (Wildman–Crippen MR) is 94.1 cm³/mol. The molecule has 7 heteroatoms. The Hall–Kier alpha value is -2.93. The van der Waals surface area contributed by atoms with Gasteiger partial charge in [-0.25, -0.2) is 0 Å². The van der Waals surface area contributed by atoms with Gasteiger partial charge in [-0.2, -0.15) is 9.61 Å². The van der Waals surface area contributed by atoms with Crippen molar-refractivity contribution >= 4 is 16.3 Å². The van der Waals surface area contributed by atoms with Crippen LogP contribution in [0, 0.1) is 6.92 Å². The molecule has 1 aliphatic rings. The molecular formula is C18H14N4O2S. The normalized spacial score (nSPS) is 16.3. The van der Waals surface area contributed by atoms with Crippen LogP contribution in [0.5, 0.6) is 11.5 Å². The molecule has 4 aromatic rings. The van der Waals surface area contributed by atoms with Crippen LogP contribution in [0.4, 0.5) is 0 Å². The summed E-state index contributed by atoms with van der Waals surface area (Å²) in [7, 11) is 0. The molecule has 0 bridgehead atoms. The molecule has 5 rings (SSSR count). The second kappa shape index (κ2) is 5.56. The molecule has 0 fully saturated rings. The van der Waals surface area contributed by atoms with Gasteiger partial charge in [-0.3, -0.25) is 0 Å². The fourth-order valence-corrected chi connectivity index (χ4v) is 3.64. The summed E-state index contributed by atoms with van der Waals surface area (Å²) in [4.78, 5) is 0.744. The third kappa shape index (κ3) is 2.44. The Kier molecular flexibility index (Phi) is 3.21. The number of rotatable bonds is 2. The van der Waals surface area contributed by atoms with Crippen molar-refractivity contribution in [3.8, 4) is 22.1 Å². The van der Waals surface area contributed by atoms with Gasteiger partial charge < -0.3 is 9.47 Å². The van der Waals surface area contributed by atoms with Crippen LogP contribution in [0.1, 0.15) is 17.5 Å². The molecule has 2 aromatic carbocycles. The Bertz CT molecular complexity index is 1050. The minimum Gasteiger partial charge on any atom is -0.485 e. The zero-order chi connectivity index (χ0) is 16.8. The standard InChI is InChI=1S/C18H14N4O2S/c1-11-6-8-12(9-7-11)17-21-22-16(19-20-18(22)25-17)15-10-23-13-4-2-3-5-14(13)24-15/h2-9,15H,10H2,1H3/t15-/m0/s1. The SMILES string of the molecule is Cc1ccc(-c2nn3c([C@@H]4COc5ccccc5O4)nnc3s2)cc1. The summed E-state index contributed by atoms with van der Waals surface area (Å²) in [5, 5.41) is 14.1. The molecule has 0 aliphatic carbocycles. The van der Waals surface area contributed by atoms with E-state index in [1.54, 1.807) is 4.52 Å². The highest BCUT2D eigenvalue weighted by molar-refractivity contribution is 7.19. The van der Waals surface area contributed by atoms with Crippen LogP contribution < -0.4 is 9.47 Å². The van der Waals surface area contributed by atoms with Crippen molar-refractivity contribution in [1.82, 2.24) is 19.8 Å². The molecule has 124 valence electrons. The molecule has 1 aliphatic heterocycles. The maximum atomic E-state index is 6.03. The average molecular weight is 350 g/mol. The highest BCUT2D eigenvalue weighted by atomic mass is 32.1. The summed E-state index contributed by atoms with van der Waals surface area (Å²) in [5.41, 5.74) is 2.29. The zero-order valence-corrected chi connectivity index (χ0v) is 14.2. The lowest BCUT2D eigenvalue weighted by Crippen LogP contribution is -2.23. The molecule has 0 saturated heterocycles. The van der Waals surface area contributed by atoms with Gasteiger partial charge in [0, 0.05) is 5.56 Å². The lowest BCUT2D eigenvalue weighted by molar-refractivity contribution is 0.0836. The lowest BCUT2D eigenvalue weighted by atomic mass is 10.2. The fraction of sp³-hybridized carbons (Fsp3) is 0.167. The van der Waals surface area contributed by atoms with Gasteiger partial charge in [0.1, 0.15) is 11.6 Å². The molecule has 3 heterocycles. The molecule has 0 spiro atoms. The van der Waals surface area contributed by atoms with Crippen LogP contribution in [0.3, 0.4) is 0 Å². The third-order valence-corrected chi connectivity index (χ3v) is 5.06. The van der Waals surface area contributed by atoms with Crippen molar-refractivity contribution in [3.05, 3.63) is 59.9 Å². The first-order valence-corrected chi connectivity index (χ1v) is 8.77. The Morgan fingerprint density at radius 1 is 1.04 bits per heavy atom. The number of aryl methyl sites for hydroxylation is 1. The maximum Gasteiger partial charge on any atom is 0.235 e. The predicted octanol–water partition coefficient (Wildman–Crippen LogP) is 3.67. The average Bonchev–Trinajstić information content (AvgIpc) is 3.22. The molecule has 0 amide bonds. The van der Waals surface area contributed by atoms with Crippen LogP contribution in [0.15, 0.2) is 48.5 Å². The molecule has 0 N–H and O–H groups in total. The van der Waals surface area contributed by atoms with Gasteiger partial charge in [0.15, 0.2) is 23.4 Å². The topological polar surface area (TPSA) is 61.5 Å². The van der Waals surface area contributed by atoms with Gasteiger partial charge in [-0.15, -0.1) is 10.2 Å². The number of hydrogen-bond acceptors (Lipinski definition) is 6. The molecule has 0 saturated carbocycles. The van der Waals surface area contributed by atoms with Gasteiger partial charge in [0.2, 0.25) is 4.96 Å². The van der Waals surface area contributed by atoms with Crippen LogP contribution in [-0.2, 0) is 0 Å². The van der Waals surface area contributed by atoms with E-state index in [-0.39, 0.29) is 6.10 Å². The van der Waals surface area contributed by atoms with E-state index < -0.39 is 0 Å². The smallest absolute Gasteiger partial charge is 0.235 e. The van der Waals surface area contributed by atoms with Crippen LogP contribution >= 0.6 is 11.3 Å². The van der Waals surface area contributed by atoms with Gasteiger partial charge in [0.05, 0.1) is 0 Å². The number of para-hydroxylation sites is 2. The summed E-state index contributed by atoms with van der Waals surface area (Å²) < 4.78 is 13.6. The molecule has 6 nitrogen and oxygen atoms in total. The molecule has 0 radical (unpaired) electrons. The second-order valence-electron chi connectivity index (χ2n) is 5.89. The summed E-state index contributed by atoms with van der Waals surface area (Å²) >= 11 is 1.51. The molecular weight excluding hydrogens is 336 g/mol. The van der Waals surface area contributed by atoms with E-state index >= 15 is 0 Å². The molecule has 25 heavy (non-hydrogen) atoms. The third-order valence-electron chi connectivity index (χ3n) is 4.11. The summed E-state index contributed by atoms with van der Waals surface area (Å²) in [6.07, 6.45) is -0.335. The van der Waals surface area contributed by atoms with Crippen molar-refractivity contribution < 1.29 is 9.47 Å². The molecule has 2 aromatic heterocycles. The molecule has 0 unspecified atom stereocenters. The van der Waals surface area contributed by atoms with Gasteiger partial charge >= 0.3 is 0 Å². The number of hydrogen-bond donors (Lipinski definition) is 0. The summed E-state index contributed by atoms with van der Waals surface area (Å²) in [5.74, 6) is 2.11. The fourth-order valence-electron chi connectivity index (χ4n) is 2.79. The Morgan fingerprint density at radius 3 is 2.68 bits per heavy atom. The first kappa shape index (κ1) is 14.4. The van der Waals surface area contributed by atoms with E-state index in [1.807, 2.05) is 24.3 Å². The van der Waals surface area contributed by atoms with Crippen LogP contribution in [-0.4, -0.2) is 26.4 Å². The minimum atomic E-state index is -0.335. The van der Waals surface area contributed by atoms with E-state index in [4.69, 9.17) is 9.47 Å². The number of ether oxygens (including phenoxy) is 2. The number of fused-ring (bicyclic) bond motifs is 2. The number of benzene rings is 2. The van der Waals surface area contributed by atoms with Gasteiger partial charge in [-0.1, -0.05) is 53.3 Å². The van der Waals surface area contributed by atoms with E-state index in [1.165, 1.54) is 16.9 Å². The highest BCUT2D eigenvalue weighted by Crippen LogP contribution is 2.36. The van der Waals surface area contributed by atoms with Crippen LogP contribution in [0.2, 0.25) is 0 Å². The number of nitrogens with zero attached hydrogens (tertiary/aromatic N) is 4. The summed E-state index contributed by atoms with van der Waals surface area (Å²) in [6.45, 7) is 2.45. The van der Waals surface area contributed by atoms with Gasteiger partial charge in [-0.05, 0) is 19.1 Å².